The topological polar surface area (TPSA) is 59.5 Å². The number of thiazole rings is 1. The molecule has 0 aliphatic carbocycles. The van der Waals surface area contributed by atoms with Crippen LogP contribution in [0.15, 0.2) is 3.92 Å². The van der Waals surface area contributed by atoms with Crippen molar-refractivity contribution >= 4 is 39.3 Å². The van der Waals surface area contributed by atoms with Crippen LogP contribution >= 0.6 is 27.3 Å². The molecule has 0 saturated heterocycles. The van der Waals surface area contributed by atoms with Gasteiger partial charge in [-0.1, -0.05) is 13.8 Å². The first kappa shape index (κ1) is 17.1. The Hall–Kier alpha value is -0.950. The molecular weight excluding hydrogens is 344 g/mol. The summed E-state index contributed by atoms with van der Waals surface area (Å²) in [5.74, 6) is -0.325. The van der Waals surface area contributed by atoms with Crippen LogP contribution in [0, 0.1) is 0 Å². The van der Waals surface area contributed by atoms with Crippen molar-refractivity contribution in [2.24, 2.45) is 0 Å². The molecule has 7 heteroatoms. The third-order valence-corrected chi connectivity index (χ3v) is 3.83. The van der Waals surface area contributed by atoms with Gasteiger partial charge >= 0.3 is 6.09 Å². The summed E-state index contributed by atoms with van der Waals surface area (Å²) < 4.78 is 5.87. The van der Waals surface area contributed by atoms with Gasteiger partial charge in [0.1, 0.15) is 10.5 Å². The van der Waals surface area contributed by atoms with E-state index in [0.29, 0.717) is 21.8 Å². The summed E-state index contributed by atoms with van der Waals surface area (Å²) in [5, 5.41) is 0. The van der Waals surface area contributed by atoms with Gasteiger partial charge in [-0.05, 0) is 36.7 Å². The molecule has 2 amide bonds. The maximum Gasteiger partial charge on any atom is 0.417 e. The van der Waals surface area contributed by atoms with Crippen LogP contribution in [0.4, 0.5) is 4.79 Å². The smallest absolute Gasteiger partial charge is 0.417 e. The van der Waals surface area contributed by atoms with E-state index >= 15 is 0 Å². The van der Waals surface area contributed by atoms with Crippen molar-refractivity contribution in [3.63, 3.8) is 0 Å². The minimum absolute atomic E-state index is 0.316. The van der Waals surface area contributed by atoms with Gasteiger partial charge in [-0.15, -0.1) is 11.3 Å². The first-order valence-corrected chi connectivity index (χ1v) is 8.09. The molecular formula is C13H19BrN2O3S. The van der Waals surface area contributed by atoms with E-state index in [-0.39, 0.29) is 5.91 Å². The molecule has 2 rings (SSSR count). The van der Waals surface area contributed by atoms with Crippen molar-refractivity contribution in [3.05, 3.63) is 14.5 Å². The van der Waals surface area contributed by atoms with E-state index in [1.807, 2.05) is 13.8 Å². The predicted molar refractivity (Wildman–Crippen MR) is 82.1 cm³/mol. The second-order valence-corrected chi connectivity index (χ2v) is 7.20. The van der Waals surface area contributed by atoms with Gasteiger partial charge in [0, 0.05) is 13.0 Å². The Balaban J connectivity index is 0.000000956. The Morgan fingerprint density at radius 2 is 2.00 bits per heavy atom. The Morgan fingerprint density at radius 3 is 2.55 bits per heavy atom. The summed E-state index contributed by atoms with van der Waals surface area (Å²) in [5.41, 5.74) is 0.142. The average Bonchev–Trinajstić information content (AvgIpc) is 2.71. The molecule has 2 heterocycles. The predicted octanol–water partition coefficient (Wildman–Crippen LogP) is 3.87. The third-order valence-electron chi connectivity index (χ3n) is 2.30. The summed E-state index contributed by atoms with van der Waals surface area (Å²) in [6, 6.07) is 0. The highest BCUT2D eigenvalue weighted by molar-refractivity contribution is 9.11. The standard InChI is InChI=1S/C11H13BrN2O3S.C2H6/c1-11(2,3)17-10(16)14-5-4-6-7(8(14)15)18-9(12)13-6;1-2/h4-5H2,1-3H3;1-2H3. The highest BCUT2D eigenvalue weighted by atomic mass is 79.9. The molecule has 0 radical (unpaired) electrons. The molecule has 0 N–H and O–H groups in total. The average molecular weight is 363 g/mol. The molecule has 1 aromatic heterocycles. The van der Waals surface area contributed by atoms with E-state index < -0.39 is 11.7 Å². The Kier molecular flexibility index (Phi) is 5.70. The molecule has 0 saturated carbocycles. The number of hydrogen-bond donors (Lipinski definition) is 0. The molecule has 0 bridgehead atoms. The number of halogens is 1. The molecule has 0 atom stereocenters. The van der Waals surface area contributed by atoms with Crippen LogP contribution in [0.25, 0.3) is 0 Å². The van der Waals surface area contributed by atoms with Gasteiger partial charge in [-0.2, -0.15) is 0 Å². The summed E-state index contributed by atoms with van der Waals surface area (Å²) >= 11 is 4.49. The quantitative estimate of drug-likeness (QED) is 0.702. The second-order valence-electron chi connectivity index (χ2n) is 4.93. The van der Waals surface area contributed by atoms with Gasteiger partial charge in [-0.3, -0.25) is 4.79 Å². The normalized spacial score (nSPS) is 14.3. The van der Waals surface area contributed by atoms with Crippen molar-refractivity contribution in [2.45, 2.75) is 46.6 Å². The van der Waals surface area contributed by atoms with Crippen LogP contribution in [0.1, 0.15) is 50.0 Å². The molecule has 1 aliphatic heterocycles. The number of rotatable bonds is 0. The number of amides is 2. The summed E-state index contributed by atoms with van der Waals surface area (Å²) in [6.07, 6.45) is -0.0229. The highest BCUT2D eigenvalue weighted by Gasteiger charge is 2.34. The lowest BCUT2D eigenvalue weighted by molar-refractivity contribution is 0.0235. The van der Waals surface area contributed by atoms with E-state index in [9.17, 15) is 9.59 Å². The van der Waals surface area contributed by atoms with E-state index in [0.717, 1.165) is 10.6 Å². The number of carbonyl (C=O) groups excluding carboxylic acids is 2. The summed E-state index contributed by atoms with van der Waals surface area (Å²) in [7, 11) is 0. The van der Waals surface area contributed by atoms with Gasteiger partial charge in [0.25, 0.3) is 5.91 Å². The number of aromatic nitrogens is 1. The largest absolute Gasteiger partial charge is 0.443 e. The zero-order valence-corrected chi connectivity index (χ0v) is 14.7. The monoisotopic (exact) mass is 362 g/mol. The Bertz CT molecular complexity index is 508. The SMILES string of the molecule is CC.CC(C)(C)OC(=O)N1CCc2nc(Br)sc2C1=O. The highest BCUT2D eigenvalue weighted by Crippen LogP contribution is 2.28. The molecule has 112 valence electrons. The zero-order valence-electron chi connectivity index (χ0n) is 12.3. The first-order valence-electron chi connectivity index (χ1n) is 6.48. The fourth-order valence-corrected chi connectivity index (χ4v) is 3.08. The molecule has 0 unspecified atom stereocenters. The van der Waals surface area contributed by atoms with Crippen LogP contribution < -0.4 is 0 Å². The maximum atomic E-state index is 12.1. The number of carbonyl (C=O) groups is 2. The minimum Gasteiger partial charge on any atom is -0.443 e. The van der Waals surface area contributed by atoms with E-state index in [1.165, 1.54) is 11.3 Å². The van der Waals surface area contributed by atoms with E-state index in [4.69, 9.17) is 4.74 Å². The van der Waals surface area contributed by atoms with E-state index in [1.54, 1.807) is 20.8 Å². The lowest BCUT2D eigenvalue weighted by Gasteiger charge is -2.27. The number of hydrogen-bond acceptors (Lipinski definition) is 5. The lowest BCUT2D eigenvalue weighted by atomic mass is 10.1. The molecule has 5 nitrogen and oxygen atoms in total. The van der Waals surface area contributed by atoms with Gasteiger partial charge in [0.15, 0.2) is 3.92 Å². The fraction of sp³-hybridized carbons (Fsp3) is 0.615. The van der Waals surface area contributed by atoms with Crippen LogP contribution in [-0.2, 0) is 11.2 Å². The second kappa shape index (κ2) is 6.67. The van der Waals surface area contributed by atoms with Crippen LogP contribution in [0.2, 0.25) is 0 Å². The van der Waals surface area contributed by atoms with Crippen molar-refractivity contribution in [1.29, 1.82) is 0 Å². The molecule has 0 spiro atoms. The molecule has 1 aromatic rings. The first-order chi connectivity index (χ1) is 9.28. The summed E-state index contributed by atoms with van der Waals surface area (Å²) in [4.78, 5) is 29.9. The van der Waals surface area contributed by atoms with Crippen LogP contribution in [-0.4, -0.2) is 34.0 Å². The number of imide groups is 1. The summed E-state index contributed by atoms with van der Waals surface area (Å²) in [6.45, 7) is 9.63. The zero-order chi connectivity index (χ0) is 15.5. The van der Waals surface area contributed by atoms with Crippen molar-refractivity contribution in [2.75, 3.05) is 6.54 Å². The number of ether oxygens (including phenoxy) is 1. The lowest BCUT2D eigenvalue weighted by Crippen LogP contribution is -2.44. The molecule has 20 heavy (non-hydrogen) atoms. The number of fused-ring (bicyclic) bond motifs is 1. The van der Waals surface area contributed by atoms with E-state index in [2.05, 4.69) is 20.9 Å². The minimum atomic E-state index is -0.605. The Labute approximate surface area is 131 Å². The van der Waals surface area contributed by atoms with Crippen molar-refractivity contribution in [1.82, 2.24) is 9.88 Å². The van der Waals surface area contributed by atoms with Crippen molar-refractivity contribution in [3.8, 4) is 0 Å². The van der Waals surface area contributed by atoms with Gasteiger partial charge < -0.3 is 4.74 Å². The molecule has 0 aromatic carbocycles. The fourth-order valence-electron chi connectivity index (χ4n) is 1.59. The van der Waals surface area contributed by atoms with Crippen LogP contribution in [0.3, 0.4) is 0 Å². The van der Waals surface area contributed by atoms with Crippen LogP contribution in [0.5, 0.6) is 0 Å². The van der Waals surface area contributed by atoms with Gasteiger partial charge in [0.2, 0.25) is 0 Å². The Morgan fingerprint density at radius 1 is 1.40 bits per heavy atom. The van der Waals surface area contributed by atoms with Gasteiger partial charge in [0.05, 0.1) is 5.69 Å². The number of nitrogens with zero attached hydrogens (tertiary/aromatic N) is 2. The maximum absolute atomic E-state index is 12.1. The van der Waals surface area contributed by atoms with Gasteiger partial charge in [-0.25, -0.2) is 14.7 Å². The third kappa shape index (κ3) is 4.02. The molecule has 0 fully saturated rings. The molecule has 1 aliphatic rings. The van der Waals surface area contributed by atoms with Crippen molar-refractivity contribution < 1.29 is 14.3 Å².